The molecule has 2 aromatic carbocycles. The summed E-state index contributed by atoms with van der Waals surface area (Å²) in [5.41, 5.74) is 0.652. The van der Waals surface area contributed by atoms with Crippen LogP contribution in [0.5, 0.6) is 5.75 Å². The van der Waals surface area contributed by atoms with Crippen molar-refractivity contribution in [3.05, 3.63) is 66.1 Å². The molecule has 1 N–H and O–H groups in total. The number of aromatic hydroxyl groups is 1. The fourth-order valence-corrected chi connectivity index (χ4v) is 1.97. The first-order valence-corrected chi connectivity index (χ1v) is 6.15. The lowest BCUT2D eigenvalue weighted by atomic mass is 10.0. The number of hydrogen-bond acceptors (Lipinski definition) is 4. The van der Waals surface area contributed by atoms with Crippen molar-refractivity contribution < 1.29 is 9.52 Å². The summed E-state index contributed by atoms with van der Waals surface area (Å²) >= 11 is 0. The van der Waals surface area contributed by atoms with Crippen LogP contribution in [-0.4, -0.2) is 17.5 Å². The van der Waals surface area contributed by atoms with Crippen LogP contribution in [0.15, 0.2) is 69.4 Å². The molecule has 0 aliphatic heterocycles. The Morgan fingerprint density at radius 2 is 1.75 bits per heavy atom. The molecule has 1 aromatic heterocycles. The van der Waals surface area contributed by atoms with E-state index in [0.29, 0.717) is 11.3 Å². The summed E-state index contributed by atoms with van der Waals surface area (Å²) in [7, 11) is 0. The first kappa shape index (κ1) is 12.2. The molecule has 0 fully saturated rings. The van der Waals surface area contributed by atoms with E-state index in [1.54, 1.807) is 24.5 Å². The molecule has 0 spiro atoms. The summed E-state index contributed by atoms with van der Waals surface area (Å²) in [6, 6.07) is 14.9. The number of nitrogens with zero attached hydrogens (tertiary/aromatic N) is 2. The normalized spacial score (nSPS) is 11.8. The van der Waals surface area contributed by atoms with Gasteiger partial charge in [-0.05, 0) is 29.0 Å². The molecule has 3 aromatic rings. The summed E-state index contributed by atoms with van der Waals surface area (Å²) in [6.45, 7) is 0. The van der Waals surface area contributed by atoms with E-state index in [2.05, 4.69) is 10.2 Å². The minimum absolute atomic E-state index is 0.181. The van der Waals surface area contributed by atoms with Crippen LogP contribution >= 0.6 is 0 Å². The smallest absolute Gasteiger partial charge is 0.146 e. The van der Waals surface area contributed by atoms with Crippen molar-refractivity contribution in [1.82, 2.24) is 0 Å². The van der Waals surface area contributed by atoms with Crippen molar-refractivity contribution in [3.63, 3.8) is 0 Å². The van der Waals surface area contributed by atoms with Gasteiger partial charge in [-0.3, -0.25) is 0 Å². The van der Waals surface area contributed by atoms with Gasteiger partial charge < -0.3 is 9.52 Å². The van der Waals surface area contributed by atoms with Crippen LogP contribution < -0.4 is 0 Å². The third-order valence-corrected chi connectivity index (χ3v) is 2.93. The highest BCUT2D eigenvalue weighted by molar-refractivity contribution is 6.02. The van der Waals surface area contributed by atoms with Crippen LogP contribution in [0.4, 0.5) is 0 Å². The second-order valence-electron chi connectivity index (χ2n) is 4.22. The first-order chi connectivity index (χ1) is 9.84. The molecule has 0 amide bonds. The van der Waals surface area contributed by atoms with E-state index in [-0.39, 0.29) is 5.75 Å². The maximum Gasteiger partial charge on any atom is 0.146 e. The van der Waals surface area contributed by atoms with E-state index in [0.717, 1.165) is 10.8 Å². The molecule has 0 unspecified atom stereocenters. The monoisotopic (exact) mass is 264 g/mol. The molecular weight excluding hydrogens is 252 g/mol. The summed E-state index contributed by atoms with van der Waals surface area (Å²) in [6.07, 6.45) is 4.62. The van der Waals surface area contributed by atoms with Crippen LogP contribution in [0, 0.1) is 0 Å². The van der Waals surface area contributed by atoms with Crippen molar-refractivity contribution >= 4 is 23.2 Å². The molecule has 0 aliphatic rings. The lowest BCUT2D eigenvalue weighted by molar-refractivity contribution is 0.475. The van der Waals surface area contributed by atoms with Gasteiger partial charge in [0.15, 0.2) is 0 Å². The molecule has 4 nitrogen and oxygen atoms in total. The SMILES string of the molecule is Oc1ccc2ccccc2c1/C=N\N=C/c1ccco1. The number of phenolic OH excluding ortho intramolecular Hbond substituents is 1. The van der Waals surface area contributed by atoms with Crippen LogP contribution in [0.25, 0.3) is 10.8 Å². The number of hydrogen-bond donors (Lipinski definition) is 1. The average molecular weight is 264 g/mol. The molecule has 0 radical (unpaired) electrons. The van der Waals surface area contributed by atoms with Gasteiger partial charge in [0, 0.05) is 5.56 Å². The van der Waals surface area contributed by atoms with Gasteiger partial charge in [0.05, 0.1) is 18.7 Å². The van der Waals surface area contributed by atoms with Crippen molar-refractivity contribution in [2.24, 2.45) is 10.2 Å². The molecule has 4 heteroatoms. The fraction of sp³-hybridized carbons (Fsp3) is 0. The second kappa shape index (κ2) is 5.40. The highest BCUT2D eigenvalue weighted by atomic mass is 16.3. The Balaban J connectivity index is 1.92. The van der Waals surface area contributed by atoms with Crippen molar-refractivity contribution in [3.8, 4) is 5.75 Å². The second-order valence-corrected chi connectivity index (χ2v) is 4.22. The minimum Gasteiger partial charge on any atom is -0.507 e. The minimum atomic E-state index is 0.181. The fourth-order valence-electron chi connectivity index (χ4n) is 1.97. The largest absolute Gasteiger partial charge is 0.507 e. The molecule has 20 heavy (non-hydrogen) atoms. The number of phenols is 1. The predicted octanol–water partition coefficient (Wildman–Crippen LogP) is 3.59. The van der Waals surface area contributed by atoms with Gasteiger partial charge in [-0.15, -0.1) is 0 Å². The molecule has 0 saturated carbocycles. The Morgan fingerprint density at radius 3 is 2.60 bits per heavy atom. The standard InChI is InChI=1S/C16H12N2O2/c19-16-8-7-12-4-1-2-6-14(12)15(16)11-18-17-10-13-5-3-9-20-13/h1-11,19H/b17-10-,18-11-. The lowest BCUT2D eigenvalue weighted by Crippen LogP contribution is -1.85. The van der Waals surface area contributed by atoms with E-state index in [4.69, 9.17) is 4.42 Å². The molecule has 3 rings (SSSR count). The third-order valence-electron chi connectivity index (χ3n) is 2.93. The number of benzene rings is 2. The average Bonchev–Trinajstić information content (AvgIpc) is 2.98. The van der Waals surface area contributed by atoms with Crippen molar-refractivity contribution in [1.29, 1.82) is 0 Å². The van der Waals surface area contributed by atoms with E-state index in [1.807, 2.05) is 30.3 Å². The van der Waals surface area contributed by atoms with E-state index < -0.39 is 0 Å². The van der Waals surface area contributed by atoms with E-state index >= 15 is 0 Å². The van der Waals surface area contributed by atoms with Crippen molar-refractivity contribution in [2.75, 3.05) is 0 Å². The van der Waals surface area contributed by atoms with Crippen LogP contribution in [0.2, 0.25) is 0 Å². The lowest BCUT2D eigenvalue weighted by Gasteiger charge is -2.03. The highest BCUT2D eigenvalue weighted by Gasteiger charge is 2.03. The Bertz CT molecular complexity index is 774. The van der Waals surface area contributed by atoms with E-state index in [1.165, 1.54) is 12.4 Å². The number of rotatable bonds is 3. The summed E-state index contributed by atoms with van der Waals surface area (Å²) in [5.74, 6) is 0.810. The zero-order valence-corrected chi connectivity index (χ0v) is 10.6. The van der Waals surface area contributed by atoms with Gasteiger partial charge in [0.1, 0.15) is 11.5 Å². The Kier molecular flexibility index (Phi) is 3.29. The molecule has 0 aliphatic carbocycles. The van der Waals surface area contributed by atoms with Gasteiger partial charge in [0.2, 0.25) is 0 Å². The van der Waals surface area contributed by atoms with Gasteiger partial charge in [-0.2, -0.15) is 10.2 Å². The zero-order chi connectivity index (χ0) is 13.8. The third kappa shape index (κ3) is 2.44. The number of furan rings is 1. The van der Waals surface area contributed by atoms with Crippen LogP contribution in [0.3, 0.4) is 0 Å². The van der Waals surface area contributed by atoms with Gasteiger partial charge in [-0.1, -0.05) is 30.3 Å². The Hall–Kier alpha value is -2.88. The van der Waals surface area contributed by atoms with Gasteiger partial charge in [0.25, 0.3) is 0 Å². The number of fused-ring (bicyclic) bond motifs is 1. The molecule has 98 valence electrons. The summed E-state index contributed by atoms with van der Waals surface area (Å²) < 4.78 is 5.11. The predicted molar refractivity (Wildman–Crippen MR) is 79.5 cm³/mol. The molecule has 0 atom stereocenters. The van der Waals surface area contributed by atoms with Gasteiger partial charge >= 0.3 is 0 Å². The molecule has 0 bridgehead atoms. The highest BCUT2D eigenvalue weighted by Crippen LogP contribution is 2.25. The van der Waals surface area contributed by atoms with Gasteiger partial charge in [-0.25, -0.2) is 0 Å². The van der Waals surface area contributed by atoms with Crippen LogP contribution in [0.1, 0.15) is 11.3 Å². The van der Waals surface area contributed by atoms with Crippen LogP contribution in [-0.2, 0) is 0 Å². The summed E-state index contributed by atoms with van der Waals surface area (Å²) in [4.78, 5) is 0. The molecule has 1 heterocycles. The first-order valence-electron chi connectivity index (χ1n) is 6.15. The van der Waals surface area contributed by atoms with E-state index in [9.17, 15) is 5.11 Å². The molecular formula is C16H12N2O2. The Labute approximate surface area is 115 Å². The summed E-state index contributed by atoms with van der Waals surface area (Å²) in [5, 5.41) is 19.8. The van der Waals surface area contributed by atoms with Crippen molar-refractivity contribution in [2.45, 2.75) is 0 Å². The maximum atomic E-state index is 9.93. The molecule has 0 saturated heterocycles. The topological polar surface area (TPSA) is 58.1 Å². The maximum absolute atomic E-state index is 9.93. The zero-order valence-electron chi connectivity index (χ0n) is 10.6. The quantitative estimate of drug-likeness (QED) is 0.580. The Morgan fingerprint density at radius 1 is 0.900 bits per heavy atom.